The quantitative estimate of drug-likeness (QED) is 0.0823. The fourth-order valence-electron chi connectivity index (χ4n) is 7.47. The van der Waals surface area contributed by atoms with Crippen LogP contribution < -0.4 is 26.5 Å². The van der Waals surface area contributed by atoms with Crippen molar-refractivity contribution in [1.29, 1.82) is 0 Å². The van der Waals surface area contributed by atoms with Gasteiger partial charge >= 0.3 is 5.82 Å². The second-order valence-corrected chi connectivity index (χ2v) is 15.0. The van der Waals surface area contributed by atoms with Crippen LogP contribution in [0.4, 0.5) is 22.0 Å². The van der Waals surface area contributed by atoms with Crippen LogP contribution in [0.5, 0.6) is 5.75 Å². The first kappa shape index (κ1) is 39.9. The van der Waals surface area contributed by atoms with Crippen molar-refractivity contribution >= 4 is 39.9 Å². The number of hydrogen-bond acceptors (Lipinski definition) is 13. The molecule has 8 rings (SSSR count). The number of ether oxygens (including phenoxy) is 1. The van der Waals surface area contributed by atoms with Crippen molar-refractivity contribution < 1.29 is 27.9 Å². The average molecular weight is 814 g/mol. The van der Waals surface area contributed by atoms with Gasteiger partial charge in [-0.1, -0.05) is 50.8 Å². The number of nitrogens with zero attached hydrogens (tertiary/aromatic N) is 6. The first-order valence-electron chi connectivity index (χ1n) is 19.6. The highest BCUT2D eigenvalue weighted by molar-refractivity contribution is 6.04. The number of rotatable bonds is 14. The third kappa shape index (κ3) is 8.46. The number of hydrogen-bond donors (Lipinski definition) is 4. The number of aliphatic hydroxyl groups excluding tert-OH is 1. The van der Waals surface area contributed by atoms with E-state index in [4.69, 9.17) is 28.5 Å². The lowest BCUT2D eigenvalue weighted by Gasteiger charge is -2.35. The number of methoxy groups -OCH3 is 1. The van der Waals surface area contributed by atoms with E-state index in [1.165, 1.54) is 0 Å². The lowest BCUT2D eigenvalue weighted by molar-refractivity contribution is -0.114. The minimum atomic E-state index is -1.07. The van der Waals surface area contributed by atoms with E-state index in [1.54, 1.807) is 60.4 Å². The summed E-state index contributed by atoms with van der Waals surface area (Å²) in [7, 11) is 1.58. The van der Waals surface area contributed by atoms with Gasteiger partial charge < -0.3 is 34.6 Å². The molecule has 2 atom stereocenters. The van der Waals surface area contributed by atoms with E-state index in [1.807, 2.05) is 41.3 Å². The molecule has 0 aliphatic carbocycles. The number of aliphatic hydroxyl groups is 1. The summed E-state index contributed by atoms with van der Waals surface area (Å²) in [5.41, 5.74) is 5.34. The van der Waals surface area contributed by atoms with Gasteiger partial charge in [0.1, 0.15) is 5.75 Å². The fourth-order valence-corrected chi connectivity index (χ4v) is 7.47. The highest BCUT2D eigenvalue weighted by Crippen LogP contribution is 2.32. The molecule has 0 saturated carbocycles. The maximum absolute atomic E-state index is 13.4. The predicted octanol–water partition coefficient (Wildman–Crippen LogP) is 7.01. The number of carbonyl (C=O) groups excluding carboxylic acids is 1. The summed E-state index contributed by atoms with van der Waals surface area (Å²) in [5.74, 6) is -0.367. The summed E-state index contributed by atoms with van der Waals surface area (Å²) in [5, 5.41) is 27.0. The maximum atomic E-state index is 13.4. The van der Waals surface area contributed by atoms with Gasteiger partial charge in [0.2, 0.25) is 11.9 Å². The molecule has 15 nitrogen and oxygen atoms in total. The van der Waals surface area contributed by atoms with Gasteiger partial charge in [0.25, 0.3) is 5.91 Å². The maximum Gasteiger partial charge on any atom is 0.519 e. The van der Waals surface area contributed by atoms with Crippen molar-refractivity contribution in [3.8, 4) is 28.3 Å². The summed E-state index contributed by atoms with van der Waals surface area (Å²) < 4.78 is 31.1. The van der Waals surface area contributed by atoms with Crippen LogP contribution in [0.1, 0.15) is 43.1 Å². The largest absolute Gasteiger partial charge is 0.519 e. The van der Waals surface area contributed by atoms with E-state index >= 15 is 0 Å². The number of benzene rings is 3. The topological polar surface area (TPSA) is 185 Å². The number of fused-ring (bicyclic) bond motifs is 2. The number of carbonyl (C=O) groups is 1. The number of likely N-dealkylation sites (tertiary alicyclic amines) is 1. The number of aromatic nitrogens is 5. The van der Waals surface area contributed by atoms with Gasteiger partial charge in [0.05, 0.1) is 31.6 Å². The van der Waals surface area contributed by atoms with E-state index in [-0.39, 0.29) is 11.8 Å². The van der Waals surface area contributed by atoms with E-state index in [2.05, 4.69) is 41.5 Å². The predicted molar refractivity (Wildman–Crippen MR) is 225 cm³/mol. The molecule has 1 aliphatic rings. The Morgan fingerprint density at radius 1 is 1.07 bits per heavy atom. The molecular formula is C44H44FN9O6. The standard InChI is InChI=1S/C44H44FN9O6/c1-25(2)35-22-49-54-40(35)51-42(47-21-30-16-18-53(23-36(30)55)24-37-39(60-44(57)59-37)27-9-12-32(58-4)13-10-27)52-43(54)48-20-29-7-5-6-8-33(29)38-34-14-11-31(50-41(56)26(3)45)19-28(34)15-17-46-38/h5-15,17,19,22,25,30,36,55H,3,16,18,20-21,23-24H2,1-2,4H3,(H,50,56)(H2,47,48,51,52)/t30-,36+/m1/s1. The van der Waals surface area contributed by atoms with Crippen molar-refractivity contribution in [2.75, 3.05) is 42.7 Å². The van der Waals surface area contributed by atoms with Crippen molar-refractivity contribution in [2.45, 2.75) is 45.4 Å². The molecule has 16 heteroatoms. The lowest BCUT2D eigenvalue weighted by Crippen LogP contribution is -2.45. The van der Waals surface area contributed by atoms with Gasteiger partial charge in [0.15, 0.2) is 23.0 Å². The van der Waals surface area contributed by atoms with Crippen LogP contribution in [0.15, 0.2) is 111 Å². The van der Waals surface area contributed by atoms with Gasteiger partial charge in [-0.25, -0.2) is 9.18 Å². The Morgan fingerprint density at radius 3 is 2.65 bits per heavy atom. The second kappa shape index (κ2) is 17.1. The summed E-state index contributed by atoms with van der Waals surface area (Å²) in [6.07, 6.45) is 3.51. The highest BCUT2D eigenvalue weighted by Gasteiger charge is 2.30. The number of anilines is 3. The Morgan fingerprint density at radius 2 is 1.88 bits per heavy atom. The third-order valence-corrected chi connectivity index (χ3v) is 10.7. The molecule has 4 N–H and O–H groups in total. The number of piperidine rings is 1. The van der Waals surface area contributed by atoms with Gasteiger partial charge in [-0.15, -0.1) is 0 Å². The summed E-state index contributed by atoms with van der Waals surface area (Å²) in [6.45, 7) is 9.36. The lowest BCUT2D eigenvalue weighted by atomic mass is 9.93. The van der Waals surface area contributed by atoms with Gasteiger partial charge in [-0.05, 0) is 72.3 Å². The molecule has 0 bridgehead atoms. The average Bonchev–Trinajstić information content (AvgIpc) is 3.85. The molecule has 1 amide bonds. The Labute approximate surface area is 343 Å². The number of amides is 1. The second-order valence-electron chi connectivity index (χ2n) is 15.0. The molecular weight excluding hydrogens is 770 g/mol. The summed E-state index contributed by atoms with van der Waals surface area (Å²) >= 11 is 0. The van der Waals surface area contributed by atoms with Crippen molar-refractivity contribution in [3.05, 3.63) is 125 Å². The Balaban J connectivity index is 0.972. The zero-order valence-electron chi connectivity index (χ0n) is 33.3. The molecule has 1 aliphatic heterocycles. The van der Waals surface area contributed by atoms with E-state index in [0.717, 1.165) is 33.2 Å². The van der Waals surface area contributed by atoms with Crippen molar-refractivity contribution in [1.82, 2.24) is 29.5 Å². The molecule has 0 unspecified atom stereocenters. The van der Waals surface area contributed by atoms with Crippen molar-refractivity contribution in [3.63, 3.8) is 0 Å². The first-order valence-corrected chi connectivity index (χ1v) is 19.6. The molecule has 0 spiro atoms. The summed E-state index contributed by atoms with van der Waals surface area (Å²) in [4.78, 5) is 40.5. The van der Waals surface area contributed by atoms with Crippen LogP contribution in [0, 0.1) is 5.92 Å². The molecule has 7 aromatic rings. The SMILES string of the molecule is C=C(F)C(=O)Nc1ccc2c(-c3ccccc3CNc3nc(NC[C@H]4CCN(Cc5oc(=O)oc5-c5ccc(OC)cc5)C[C@@H]4O)nc4c(C(C)C)cnn34)nccc2c1. The monoisotopic (exact) mass is 813 g/mol. The van der Waals surface area contributed by atoms with Crippen LogP contribution in [-0.2, 0) is 17.9 Å². The smallest absolute Gasteiger partial charge is 0.497 e. The molecule has 1 fully saturated rings. The van der Waals surface area contributed by atoms with Gasteiger partial charge in [-0.2, -0.15) is 19.6 Å². The van der Waals surface area contributed by atoms with E-state index in [0.29, 0.717) is 85.2 Å². The number of β-amino-alcohol motifs (C(OH)–C–C–N with tert-alkyl or cyclic N) is 1. The Hall–Kier alpha value is -6.91. The van der Waals surface area contributed by atoms with E-state index in [9.17, 15) is 19.1 Å². The molecule has 308 valence electrons. The Kier molecular flexibility index (Phi) is 11.4. The molecule has 0 radical (unpaired) electrons. The zero-order valence-corrected chi connectivity index (χ0v) is 33.3. The zero-order chi connectivity index (χ0) is 41.9. The van der Waals surface area contributed by atoms with Crippen LogP contribution in [0.2, 0.25) is 0 Å². The van der Waals surface area contributed by atoms with Crippen molar-refractivity contribution in [2.24, 2.45) is 5.92 Å². The van der Waals surface area contributed by atoms with E-state index < -0.39 is 23.7 Å². The first-order chi connectivity index (χ1) is 29.0. The highest BCUT2D eigenvalue weighted by atomic mass is 19.1. The third-order valence-electron chi connectivity index (χ3n) is 10.7. The number of pyridine rings is 1. The van der Waals surface area contributed by atoms with Crippen LogP contribution in [0.25, 0.3) is 39.0 Å². The fraction of sp³-hybridized carbons (Fsp3) is 0.273. The normalized spacial score (nSPS) is 15.7. The molecule has 4 aromatic heterocycles. The van der Waals surface area contributed by atoms with Crippen LogP contribution in [0.3, 0.4) is 0 Å². The summed E-state index contributed by atoms with van der Waals surface area (Å²) in [6, 6.07) is 22.2. The molecule has 60 heavy (non-hydrogen) atoms. The molecule has 3 aromatic carbocycles. The van der Waals surface area contributed by atoms with Gasteiger partial charge in [0, 0.05) is 59.5 Å². The minimum Gasteiger partial charge on any atom is -0.497 e. The van der Waals surface area contributed by atoms with Crippen LogP contribution >= 0.6 is 0 Å². The van der Waals surface area contributed by atoms with Gasteiger partial charge in [-0.3, -0.25) is 14.7 Å². The number of nitrogens with one attached hydrogen (secondary N) is 3. The Bertz CT molecular complexity index is 2750. The van der Waals surface area contributed by atoms with Crippen LogP contribution in [-0.4, -0.2) is 73.3 Å². The number of halogens is 1. The molecule has 5 heterocycles. The minimum absolute atomic E-state index is 0.0973. The molecule has 1 saturated heterocycles.